The molecule has 9 aromatic rings. The molecule has 6 aromatic carbocycles. The fraction of sp³-hybridized carbons (Fsp3) is 0.324. The highest BCUT2D eigenvalue weighted by atomic mass is 35.5. The number of benzene rings is 6. The number of aliphatic carboxylic acids is 2. The Morgan fingerprint density at radius 2 is 0.837 bits per heavy atom. The summed E-state index contributed by atoms with van der Waals surface area (Å²) >= 11 is 19.1. The van der Waals surface area contributed by atoms with Gasteiger partial charge in [-0.3, -0.25) is 42.5 Å². The summed E-state index contributed by atoms with van der Waals surface area (Å²) in [6.45, 7) is 13.8. The zero-order chi connectivity index (χ0) is 73.0. The molecule has 0 fully saturated rings. The van der Waals surface area contributed by atoms with Gasteiger partial charge in [0.1, 0.15) is 17.2 Å². The molecule has 0 aliphatic heterocycles. The second-order valence-corrected chi connectivity index (χ2v) is 24.1. The van der Waals surface area contributed by atoms with Gasteiger partial charge in [0.2, 0.25) is 0 Å². The summed E-state index contributed by atoms with van der Waals surface area (Å²) < 4.78 is 142. The first-order valence-corrected chi connectivity index (χ1v) is 31.5. The van der Waals surface area contributed by atoms with Crippen LogP contribution in [0.15, 0.2) is 103 Å². The van der Waals surface area contributed by atoms with E-state index in [1.54, 1.807) is 32.9 Å². The zero-order valence-electron chi connectivity index (χ0n) is 54.6. The van der Waals surface area contributed by atoms with Gasteiger partial charge in [0.15, 0.2) is 5.75 Å². The highest BCUT2D eigenvalue weighted by molar-refractivity contribution is 6.34. The number of carbonyl (C=O) groups is 6. The van der Waals surface area contributed by atoms with Crippen molar-refractivity contribution in [2.45, 2.75) is 130 Å². The predicted molar refractivity (Wildman–Crippen MR) is 353 cm³/mol. The van der Waals surface area contributed by atoms with E-state index in [-0.39, 0.29) is 43.4 Å². The van der Waals surface area contributed by atoms with Crippen LogP contribution in [0.5, 0.6) is 23.0 Å². The largest absolute Gasteiger partial charge is 0.495 e. The number of nitrogens with zero attached hydrogens (tertiary/aromatic N) is 3. The Balaban J connectivity index is 0.000000207. The highest BCUT2D eigenvalue weighted by Crippen LogP contribution is 2.48. The minimum atomic E-state index is -4.52. The third-order valence-electron chi connectivity index (χ3n) is 16.7. The van der Waals surface area contributed by atoms with Crippen molar-refractivity contribution in [3.05, 3.63) is 185 Å². The number of aromatic nitrogens is 3. The van der Waals surface area contributed by atoms with E-state index in [1.807, 2.05) is 27.7 Å². The minimum Gasteiger partial charge on any atom is -0.495 e. The first-order chi connectivity index (χ1) is 45.9. The van der Waals surface area contributed by atoms with Gasteiger partial charge in [0.05, 0.1) is 92.6 Å². The molecule has 0 spiro atoms. The van der Waals surface area contributed by atoms with Crippen molar-refractivity contribution in [2.24, 2.45) is 0 Å². The normalized spacial score (nSPS) is 12.7. The van der Waals surface area contributed by atoms with E-state index in [0.717, 1.165) is 79.2 Å². The second-order valence-electron chi connectivity index (χ2n) is 22.9. The van der Waals surface area contributed by atoms with Crippen LogP contribution < -0.4 is 18.9 Å². The minimum absolute atomic E-state index is 0.0267. The maximum atomic E-state index is 13.4. The number of unbranched alkanes of at least 4 members (excludes halogenated alkanes) is 1. The smallest absolute Gasteiger partial charge is 0.416 e. The Morgan fingerprint density at radius 3 is 1.14 bits per heavy atom. The van der Waals surface area contributed by atoms with E-state index in [0.29, 0.717) is 116 Å². The summed E-state index contributed by atoms with van der Waals surface area (Å²) in [6.07, 6.45) is -10.1. The van der Waals surface area contributed by atoms with E-state index in [9.17, 15) is 78.5 Å². The Labute approximate surface area is 571 Å². The van der Waals surface area contributed by atoms with E-state index in [2.05, 4.69) is 0 Å². The predicted octanol–water partition coefficient (Wildman–Crippen LogP) is 19.7. The van der Waals surface area contributed by atoms with Gasteiger partial charge in [0.25, 0.3) is 17.7 Å². The number of hydrogen-bond donors (Lipinski definition) is 2. The van der Waals surface area contributed by atoms with Crippen LogP contribution in [0.3, 0.4) is 0 Å². The third kappa shape index (κ3) is 15.8. The lowest BCUT2D eigenvalue weighted by Crippen LogP contribution is -2.16. The van der Waals surface area contributed by atoms with Gasteiger partial charge < -0.3 is 29.2 Å². The first-order valence-electron chi connectivity index (χ1n) is 30.4. The molecule has 9 rings (SSSR count). The number of hydrogen-bond acceptors (Lipinski definition) is 10. The molecule has 0 radical (unpaired) electrons. The summed E-state index contributed by atoms with van der Waals surface area (Å²) in [7, 11) is 4.32. The molecule has 0 saturated heterocycles. The van der Waals surface area contributed by atoms with Crippen molar-refractivity contribution >= 4 is 103 Å². The van der Waals surface area contributed by atoms with Crippen LogP contribution in [0.1, 0.15) is 172 Å². The average Bonchev–Trinajstić information content (AvgIpc) is 1.59. The summed E-state index contributed by atoms with van der Waals surface area (Å²) in [5.74, 6) is -4.98. The number of esters is 1. The molecule has 0 bridgehead atoms. The summed E-state index contributed by atoms with van der Waals surface area (Å²) in [5.41, 5.74) is 1.27. The molecule has 0 amide bonds. The third-order valence-corrected chi connectivity index (χ3v) is 17.6. The number of carbonyl (C=O) groups excluding carboxylic acids is 4. The zero-order valence-corrected chi connectivity index (χ0v) is 56.9. The topological polar surface area (TPSA) is 195 Å². The van der Waals surface area contributed by atoms with Crippen LogP contribution >= 0.6 is 34.8 Å². The number of fused-ring (bicyclic) bond motifs is 3. The van der Waals surface area contributed by atoms with Crippen molar-refractivity contribution in [1.82, 2.24) is 13.7 Å². The van der Waals surface area contributed by atoms with Gasteiger partial charge in [-0.1, -0.05) is 81.8 Å². The lowest BCUT2D eigenvalue weighted by atomic mass is 9.91. The molecule has 3 aromatic heterocycles. The van der Waals surface area contributed by atoms with Crippen LogP contribution in [-0.2, 0) is 32.9 Å². The second kappa shape index (κ2) is 30.8. The molecule has 98 heavy (non-hydrogen) atoms. The molecule has 27 heteroatoms. The molecular weight excluding hydrogens is 1360 g/mol. The maximum Gasteiger partial charge on any atom is 0.416 e. The number of halogens is 12. The van der Waals surface area contributed by atoms with Crippen LogP contribution in [0.4, 0.5) is 39.5 Å². The monoisotopic (exact) mass is 1430 g/mol. The summed E-state index contributed by atoms with van der Waals surface area (Å²) in [4.78, 5) is 76.2. The highest BCUT2D eigenvalue weighted by Gasteiger charge is 2.37. The van der Waals surface area contributed by atoms with Crippen LogP contribution in [-0.4, -0.2) is 80.9 Å². The summed E-state index contributed by atoms with van der Waals surface area (Å²) in [6, 6.07) is 19.4. The van der Waals surface area contributed by atoms with Gasteiger partial charge in [-0.15, -0.1) is 0 Å². The van der Waals surface area contributed by atoms with Crippen molar-refractivity contribution in [1.29, 1.82) is 0 Å². The average molecular weight is 1430 g/mol. The van der Waals surface area contributed by atoms with Gasteiger partial charge in [0, 0.05) is 51.3 Å². The fourth-order valence-corrected chi connectivity index (χ4v) is 12.5. The van der Waals surface area contributed by atoms with Crippen LogP contribution in [0.25, 0.3) is 32.7 Å². The first kappa shape index (κ1) is 76.4. The van der Waals surface area contributed by atoms with Gasteiger partial charge >= 0.3 is 36.4 Å². The van der Waals surface area contributed by atoms with Gasteiger partial charge in [-0.05, 0) is 160 Å². The molecule has 0 aliphatic rings. The standard InChI is InChI=1S/2C24H23ClF3NO4.C23H21ClF3NO4/c1-6-12(2)19-20-18(11-17(25)22(19)32-5)29(13(3)21(20)33-14(4)30)23(31)15-7-9-16(10-8-15)24(26,27)28;1-4-5-6-16(23(31)32)21-13(2)29(19-12-18(25)20(33-3)11-17(19)21)22(30)14-7-9-15(10-8-14)24(26,27)28;1-4-5-15(22(30)31)20-12(2)28(18-11-17(24)19(32-3)10-16(18)20)21(29)13-6-8-14(9-7-13)23(25,26)27/h7-12H,6H2,1-5H3;7-12,16H,4-6H2,1-3H3,(H,31,32);6-11,15H,4-5H2,1-3H3,(H,30,31). The molecule has 2 N–H and O–H groups in total. The quantitative estimate of drug-likeness (QED) is 0.0610. The van der Waals surface area contributed by atoms with Gasteiger partial charge in [-0.2, -0.15) is 39.5 Å². The molecule has 0 aliphatic carbocycles. The van der Waals surface area contributed by atoms with E-state index in [4.69, 9.17) is 53.8 Å². The lowest BCUT2D eigenvalue weighted by Gasteiger charge is -2.18. The maximum absolute atomic E-state index is 13.4. The lowest BCUT2D eigenvalue weighted by molar-refractivity contribution is -0.140. The van der Waals surface area contributed by atoms with Crippen LogP contribution in [0, 0.1) is 20.8 Å². The fourth-order valence-electron chi connectivity index (χ4n) is 11.8. The van der Waals surface area contributed by atoms with E-state index < -0.39 is 82.7 Å². The molecule has 522 valence electrons. The van der Waals surface area contributed by atoms with E-state index >= 15 is 0 Å². The molecule has 15 nitrogen and oxygen atoms in total. The van der Waals surface area contributed by atoms with Crippen molar-refractivity contribution in [2.75, 3.05) is 21.3 Å². The number of alkyl halides is 9. The number of methoxy groups -OCH3 is 3. The number of ether oxygens (including phenoxy) is 4. The summed E-state index contributed by atoms with van der Waals surface area (Å²) in [5, 5.41) is 21.9. The Kier molecular flexibility index (Phi) is 24.0. The molecule has 3 unspecified atom stereocenters. The van der Waals surface area contributed by atoms with Crippen molar-refractivity contribution in [3.8, 4) is 23.0 Å². The number of rotatable bonds is 18. The van der Waals surface area contributed by atoms with E-state index in [1.165, 1.54) is 60.2 Å². The van der Waals surface area contributed by atoms with Crippen molar-refractivity contribution < 1.29 is 97.4 Å². The Hall–Kier alpha value is -9.00. The molecular formula is C71H67Cl3F9N3O12. The number of carboxylic acid groups (broad SMARTS) is 2. The molecule has 3 heterocycles. The Bertz CT molecular complexity index is 4520. The van der Waals surface area contributed by atoms with Crippen LogP contribution in [0.2, 0.25) is 15.1 Å². The molecule has 3 atom stereocenters. The van der Waals surface area contributed by atoms with Gasteiger partial charge in [-0.25, -0.2) is 0 Å². The SMILES string of the molecule is CCC(C)c1c(OC)c(Cl)cc2c1c(OC(C)=O)c(C)n2C(=O)c1ccc(C(F)(F)F)cc1.CCCC(C(=O)O)c1c(C)n(C(=O)c2ccc(C(F)(F)F)cc2)c2cc(Cl)c(OC)cc12.CCCCC(C(=O)O)c1c(C)n(C(=O)c2ccc(C(F)(F)F)cc2)c2cc(Cl)c(OC)cc12. The van der Waals surface area contributed by atoms with Crippen molar-refractivity contribution in [3.63, 3.8) is 0 Å². The molecule has 0 saturated carbocycles. The Morgan fingerprint density at radius 1 is 0.480 bits per heavy atom. The number of carboxylic acids is 2.